The summed E-state index contributed by atoms with van der Waals surface area (Å²) in [5.41, 5.74) is 0.349. The van der Waals surface area contributed by atoms with Crippen LogP contribution in [0.25, 0.3) is 0 Å². The largest absolute Gasteiger partial charge is 0.377 e. The van der Waals surface area contributed by atoms with Gasteiger partial charge in [-0.25, -0.2) is 0 Å². The maximum atomic E-state index is 5.72. The molecule has 82 valence electrons. The van der Waals surface area contributed by atoms with Gasteiger partial charge in [-0.05, 0) is 6.42 Å². The predicted molar refractivity (Wildman–Crippen MR) is 61.7 cm³/mol. The van der Waals surface area contributed by atoms with Crippen LogP contribution in [-0.2, 0) is 14.2 Å². The number of ether oxygens (including phenoxy) is 3. The minimum atomic E-state index is -0.316. The number of methoxy groups -OCH3 is 2. The van der Waals surface area contributed by atoms with Crippen LogP contribution in [0, 0.1) is 5.41 Å². The lowest BCUT2D eigenvalue weighted by molar-refractivity contribution is -0.295. The molecule has 1 saturated heterocycles. The van der Waals surface area contributed by atoms with Gasteiger partial charge in [-0.15, -0.1) is 0 Å². The summed E-state index contributed by atoms with van der Waals surface area (Å²) in [6, 6.07) is 0. The third kappa shape index (κ3) is 1.70. The van der Waals surface area contributed by atoms with Crippen LogP contribution in [0.3, 0.4) is 0 Å². The van der Waals surface area contributed by atoms with Crippen molar-refractivity contribution in [2.75, 3.05) is 25.3 Å². The van der Waals surface area contributed by atoms with Crippen molar-refractivity contribution in [3.8, 4) is 0 Å². The zero-order valence-corrected chi connectivity index (χ0v) is 10.9. The molecule has 1 aliphatic carbocycles. The fraction of sp³-hybridized carbons (Fsp3) is 1.00. The smallest absolute Gasteiger partial charge is 0.168 e. The van der Waals surface area contributed by atoms with E-state index >= 15 is 0 Å². The molecule has 1 spiro atoms. The highest BCUT2D eigenvalue weighted by Gasteiger charge is 2.58. The summed E-state index contributed by atoms with van der Waals surface area (Å²) in [6.45, 7) is 0.884. The van der Waals surface area contributed by atoms with Crippen molar-refractivity contribution in [2.45, 2.75) is 31.2 Å². The summed E-state index contributed by atoms with van der Waals surface area (Å²) < 4.78 is 17.6. The molecule has 3 nitrogen and oxygen atoms in total. The molecule has 1 atom stereocenters. The minimum Gasteiger partial charge on any atom is -0.377 e. The molecule has 0 bridgehead atoms. The molecule has 0 aromatic carbocycles. The summed E-state index contributed by atoms with van der Waals surface area (Å²) in [6.07, 6.45) is 3.59. The first-order chi connectivity index (χ1) is 6.67. The molecular weight excluding hydrogens is 295 g/mol. The topological polar surface area (TPSA) is 27.7 Å². The van der Waals surface area contributed by atoms with E-state index in [4.69, 9.17) is 14.2 Å². The zero-order chi connectivity index (χ0) is 10.2. The highest BCUT2D eigenvalue weighted by atomic mass is 127. The molecule has 2 rings (SSSR count). The third-order valence-electron chi connectivity index (χ3n) is 3.49. The van der Waals surface area contributed by atoms with Crippen molar-refractivity contribution >= 4 is 22.6 Å². The van der Waals surface area contributed by atoms with Crippen LogP contribution in [0.5, 0.6) is 0 Å². The first-order valence-electron chi connectivity index (χ1n) is 4.95. The first kappa shape index (κ1) is 11.1. The van der Waals surface area contributed by atoms with Crippen molar-refractivity contribution in [3.05, 3.63) is 0 Å². The molecule has 0 N–H and O–H groups in total. The number of hydrogen-bond donors (Lipinski definition) is 0. The van der Waals surface area contributed by atoms with Crippen molar-refractivity contribution in [2.24, 2.45) is 5.41 Å². The van der Waals surface area contributed by atoms with Crippen molar-refractivity contribution in [3.63, 3.8) is 0 Å². The van der Waals surface area contributed by atoms with Crippen LogP contribution in [0.1, 0.15) is 19.3 Å². The fourth-order valence-electron chi connectivity index (χ4n) is 2.70. The fourth-order valence-corrected chi connectivity index (χ4v) is 3.27. The van der Waals surface area contributed by atoms with E-state index in [9.17, 15) is 0 Å². The lowest BCUT2D eigenvalue weighted by Crippen LogP contribution is -2.54. The second kappa shape index (κ2) is 3.88. The van der Waals surface area contributed by atoms with Crippen LogP contribution in [0.2, 0.25) is 0 Å². The van der Waals surface area contributed by atoms with Crippen molar-refractivity contribution in [1.82, 2.24) is 0 Å². The molecule has 2 aliphatic rings. The molecule has 1 heterocycles. The van der Waals surface area contributed by atoms with Gasteiger partial charge in [0.1, 0.15) is 0 Å². The minimum absolute atomic E-state index is 0.316. The van der Waals surface area contributed by atoms with Crippen LogP contribution >= 0.6 is 22.6 Å². The van der Waals surface area contributed by atoms with Gasteiger partial charge in [0.2, 0.25) is 0 Å². The van der Waals surface area contributed by atoms with E-state index in [1.807, 2.05) is 0 Å². The number of rotatable bonds is 3. The van der Waals surface area contributed by atoms with Gasteiger partial charge in [0.15, 0.2) is 5.79 Å². The Bertz CT molecular complexity index is 207. The second-order valence-corrected chi connectivity index (χ2v) is 5.34. The number of alkyl halides is 1. The molecular formula is C10H17IO3. The standard InChI is InChI=1S/C10H17IO3/c1-12-10(13-2)5-9(6-10)3-8(4-11)14-7-9/h8H,3-7H2,1-2H3. The van der Waals surface area contributed by atoms with Crippen molar-refractivity contribution < 1.29 is 14.2 Å². The number of hydrogen-bond acceptors (Lipinski definition) is 3. The highest BCUT2D eigenvalue weighted by molar-refractivity contribution is 14.1. The molecule has 2 fully saturated rings. The van der Waals surface area contributed by atoms with Gasteiger partial charge in [0, 0.05) is 36.9 Å². The number of halogens is 1. The quantitative estimate of drug-likeness (QED) is 0.453. The van der Waals surface area contributed by atoms with E-state index in [1.165, 1.54) is 6.42 Å². The Morgan fingerprint density at radius 1 is 1.36 bits per heavy atom. The van der Waals surface area contributed by atoms with Gasteiger partial charge >= 0.3 is 0 Å². The molecule has 0 amide bonds. The average molecular weight is 312 g/mol. The summed E-state index contributed by atoms with van der Waals surface area (Å²) in [5.74, 6) is -0.316. The van der Waals surface area contributed by atoms with E-state index < -0.39 is 0 Å². The molecule has 0 radical (unpaired) electrons. The van der Waals surface area contributed by atoms with E-state index in [0.717, 1.165) is 23.9 Å². The normalized spacial score (nSPS) is 33.2. The molecule has 0 aromatic heterocycles. The Morgan fingerprint density at radius 2 is 2.00 bits per heavy atom. The van der Waals surface area contributed by atoms with Crippen molar-refractivity contribution in [1.29, 1.82) is 0 Å². The Hall–Kier alpha value is 0.610. The van der Waals surface area contributed by atoms with Gasteiger partial charge in [0.25, 0.3) is 0 Å². The van der Waals surface area contributed by atoms with Gasteiger partial charge in [0.05, 0.1) is 12.7 Å². The maximum absolute atomic E-state index is 5.72. The summed E-state index contributed by atoms with van der Waals surface area (Å²) in [5, 5.41) is 0. The average Bonchev–Trinajstić information content (AvgIpc) is 2.58. The zero-order valence-electron chi connectivity index (χ0n) is 8.72. The summed E-state index contributed by atoms with van der Waals surface area (Å²) >= 11 is 2.39. The Morgan fingerprint density at radius 3 is 2.43 bits per heavy atom. The van der Waals surface area contributed by atoms with Crippen LogP contribution < -0.4 is 0 Å². The van der Waals surface area contributed by atoms with E-state index in [0.29, 0.717) is 11.5 Å². The molecule has 4 heteroatoms. The van der Waals surface area contributed by atoms with Gasteiger partial charge in [-0.2, -0.15) is 0 Å². The lowest BCUT2D eigenvalue weighted by Gasteiger charge is -2.51. The summed E-state index contributed by atoms with van der Waals surface area (Å²) in [4.78, 5) is 0. The Labute approximate surface area is 98.6 Å². The van der Waals surface area contributed by atoms with E-state index in [-0.39, 0.29) is 5.79 Å². The van der Waals surface area contributed by atoms with Crippen LogP contribution in [-0.4, -0.2) is 37.1 Å². The van der Waals surface area contributed by atoms with Crippen LogP contribution in [0.4, 0.5) is 0 Å². The lowest BCUT2D eigenvalue weighted by atomic mass is 9.63. The SMILES string of the molecule is COC1(OC)CC2(COC(CI)C2)C1. The Kier molecular flexibility index (Phi) is 3.08. The maximum Gasteiger partial charge on any atom is 0.168 e. The monoisotopic (exact) mass is 312 g/mol. The van der Waals surface area contributed by atoms with Gasteiger partial charge in [-0.1, -0.05) is 22.6 Å². The van der Waals surface area contributed by atoms with E-state index in [1.54, 1.807) is 14.2 Å². The molecule has 1 aliphatic heterocycles. The van der Waals surface area contributed by atoms with E-state index in [2.05, 4.69) is 22.6 Å². The van der Waals surface area contributed by atoms with Gasteiger partial charge < -0.3 is 14.2 Å². The molecule has 14 heavy (non-hydrogen) atoms. The van der Waals surface area contributed by atoms with Gasteiger partial charge in [-0.3, -0.25) is 0 Å². The summed E-state index contributed by atoms with van der Waals surface area (Å²) in [7, 11) is 3.45. The van der Waals surface area contributed by atoms with Crippen LogP contribution in [0.15, 0.2) is 0 Å². The molecule has 0 aromatic rings. The highest BCUT2D eigenvalue weighted by Crippen LogP contribution is 2.56. The second-order valence-electron chi connectivity index (χ2n) is 4.46. The first-order valence-corrected chi connectivity index (χ1v) is 6.48. The predicted octanol–water partition coefficient (Wildman–Crippen LogP) is 1.98. The molecule has 1 saturated carbocycles. The Balaban J connectivity index is 1.92. The third-order valence-corrected chi connectivity index (χ3v) is 4.47. The molecule has 1 unspecified atom stereocenters.